The van der Waals surface area contributed by atoms with Gasteiger partial charge in [0.15, 0.2) is 0 Å². The molecule has 0 aliphatic rings. The van der Waals surface area contributed by atoms with Crippen molar-refractivity contribution in [2.45, 2.75) is 6.92 Å². The van der Waals surface area contributed by atoms with Crippen LogP contribution in [-0.4, -0.2) is 29.3 Å². The fourth-order valence-electron chi connectivity index (χ4n) is 1.63. The molecule has 0 aromatic heterocycles. The monoisotopic (exact) mass is 493 g/mol. The third kappa shape index (κ3) is 6.53. The zero-order valence-electron chi connectivity index (χ0n) is 12.5. The van der Waals surface area contributed by atoms with Gasteiger partial charge >= 0.3 is 0 Å². The third-order valence-electron chi connectivity index (χ3n) is 2.58. The Labute approximate surface area is 156 Å². The van der Waals surface area contributed by atoms with Crippen LogP contribution >= 0.6 is 46.3 Å². The van der Waals surface area contributed by atoms with Gasteiger partial charge in [0.25, 0.3) is 0 Å². The number of methoxy groups -OCH3 is 1. The number of hydrogen-bond acceptors (Lipinski definition) is 5. The van der Waals surface area contributed by atoms with Crippen molar-refractivity contribution in [3.05, 3.63) is 48.4 Å². The maximum atomic E-state index is 5.39. The first-order chi connectivity index (χ1) is 10.6. The number of para-hydroxylation sites is 1. The summed E-state index contributed by atoms with van der Waals surface area (Å²) >= 11 is 5.53. The molecule has 0 bridgehead atoms. The van der Waals surface area contributed by atoms with Crippen LogP contribution in [0.25, 0.3) is 5.57 Å². The second-order valence-corrected chi connectivity index (χ2v) is 6.63. The summed E-state index contributed by atoms with van der Waals surface area (Å²) in [5.74, 6) is 0.860. The van der Waals surface area contributed by atoms with E-state index in [1.807, 2.05) is 41.0 Å². The third-order valence-corrected chi connectivity index (χ3v) is 4.74. The standard InChI is InChI=1S/C15H17BrIN3OS/c1-12(13-6-4-5-7-14(13)21-3)11-20(22-17)9-8-19-15(16)10-18-2/h4-11H,1-3H3/b9-8+,12-11+,18-10?,19-15?. The summed E-state index contributed by atoms with van der Waals surface area (Å²) < 4.78 is 8.04. The second-order valence-electron chi connectivity index (χ2n) is 4.08. The minimum Gasteiger partial charge on any atom is -0.496 e. The van der Waals surface area contributed by atoms with Crippen LogP contribution in [-0.2, 0) is 0 Å². The van der Waals surface area contributed by atoms with Gasteiger partial charge in [-0.25, -0.2) is 4.99 Å². The molecular formula is C15H17BrIN3OS. The minimum absolute atomic E-state index is 0.676. The van der Waals surface area contributed by atoms with E-state index in [-0.39, 0.29) is 0 Å². The number of ether oxygens (including phenoxy) is 1. The Kier molecular flexibility index (Phi) is 9.49. The fraction of sp³-hybridized carbons (Fsp3) is 0.200. The van der Waals surface area contributed by atoms with E-state index in [0.717, 1.165) is 16.9 Å². The Bertz CT molecular complexity index is 602. The number of hydrogen-bond donors (Lipinski definition) is 0. The molecule has 22 heavy (non-hydrogen) atoms. The van der Waals surface area contributed by atoms with Gasteiger partial charge in [-0.05, 0) is 34.5 Å². The van der Waals surface area contributed by atoms with Gasteiger partial charge in [-0.3, -0.25) is 9.30 Å². The predicted octanol–water partition coefficient (Wildman–Crippen LogP) is 5.32. The topological polar surface area (TPSA) is 37.2 Å². The van der Waals surface area contributed by atoms with E-state index in [4.69, 9.17) is 4.74 Å². The average molecular weight is 494 g/mol. The average Bonchev–Trinajstić information content (AvgIpc) is 2.53. The molecule has 0 aliphatic heterocycles. The van der Waals surface area contributed by atoms with Crippen molar-refractivity contribution in [1.29, 1.82) is 0 Å². The van der Waals surface area contributed by atoms with E-state index in [1.54, 1.807) is 35.7 Å². The molecule has 0 aliphatic carbocycles. The Balaban J connectivity index is 2.91. The Morgan fingerprint density at radius 1 is 1.41 bits per heavy atom. The van der Waals surface area contributed by atoms with Gasteiger partial charge in [-0.2, -0.15) is 0 Å². The summed E-state index contributed by atoms with van der Waals surface area (Å²) in [5.41, 5.74) is 2.17. The molecule has 1 rings (SSSR count). The van der Waals surface area contributed by atoms with Gasteiger partial charge in [0, 0.05) is 61.5 Å². The number of benzene rings is 1. The zero-order chi connectivity index (χ0) is 16.4. The lowest BCUT2D eigenvalue weighted by atomic mass is 10.1. The van der Waals surface area contributed by atoms with Crippen molar-refractivity contribution in [1.82, 2.24) is 4.31 Å². The number of rotatable bonds is 7. The van der Waals surface area contributed by atoms with Crippen molar-refractivity contribution in [2.75, 3.05) is 14.2 Å². The molecule has 4 nitrogen and oxygen atoms in total. The van der Waals surface area contributed by atoms with E-state index in [0.29, 0.717) is 4.62 Å². The molecule has 0 radical (unpaired) electrons. The van der Waals surface area contributed by atoms with Crippen LogP contribution in [0.1, 0.15) is 12.5 Å². The molecular weight excluding hydrogens is 477 g/mol. The summed E-state index contributed by atoms with van der Waals surface area (Å²) in [6.07, 6.45) is 7.26. The maximum Gasteiger partial charge on any atom is 0.126 e. The van der Waals surface area contributed by atoms with Crippen molar-refractivity contribution in [3.8, 4) is 5.75 Å². The first kappa shape index (κ1) is 19.2. The highest BCUT2D eigenvalue weighted by Crippen LogP contribution is 2.28. The summed E-state index contributed by atoms with van der Waals surface area (Å²) in [7, 11) is 4.93. The molecule has 0 spiro atoms. The quantitative estimate of drug-likeness (QED) is 0.293. The molecule has 0 N–H and O–H groups in total. The molecule has 0 saturated carbocycles. The fourth-order valence-corrected chi connectivity index (χ4v) is 2.98. The van der Waals surface area contributed by atoms with E-state index in [1.165, 1.54) is 0 Å². The molecule has 0 fully saturated rings. The Morgan fingerprint density at radius 3 is 2.77 bits per heavy atom. The second kappa shape index (κ2) is 10.8. The molecule has 118 valence electrons. The van der Waals surface area contributed by atoms with Gasteiger partial charge < -0.3 is 4.74 Å². The summed E-state index contributed by atoms with van der Waals surface area (Å²) in [6.45, 7) is 2.05. The van der Waals surface area contributed by atoms with Crippen LogP contribution in [0, 0.1) is 0 Å². The van der Waals surface area contributed by atoms with Crippen LogP contribution in [0.3, 0.4) is 0 Å². The van der Waals surface area contributed by atoms with Crippen molar-refractivity contribution >= 4 is 62.7 Å². The van der Waals surface area contributed by atoms with Crippen LogP contribution in [0.5, 0.6) is 5.75 Å². The molecule has 0 saturated heterocycles. The van der Waals surface area contributed by atoms with Crippen LogP contribution in [0.4, 0.5) is 0 Å². The number of aliphatic imine (C=N–C) groups is 2. The van der Waals surface area contributed by atoms with Gasteiger partial charge in [0.05, 0.1) is 13.3 Å². The summed E-state index contributed by atoms with van der Waals surface area (Å²) in [4.78, 5) is 8.08. The molecule has 0 unspecified atom stereocenters. The highest BCUT2D eigenvalue weighted by Gasteiger charge is 2.05. The molecule has 0 atom stereocenters. The first-order valence-electron chi connectivity index (χ1n) is 6.33. The number of allylic oxidation sites excluding steroid dienone is 1. The normalized spacial score (nSPS) is 13.1. The van der Waals surface area contributed by atoms with Gasteiger partial charge in [0.1, 0.15) is 10.4 Å². The summed E-state index contributed by atoms with van der Waals surface area (Å²) in [6, 6.07) is 7.95. The SMILES string of the molecule is CN=CC(Br)=N/C=C/N(/C=C(\C)c1ccccc1OC)SI. The largest absolute Gasteiger partial charge is 0.496 e. The molecule has 1 aromatic rings. The van der Waals surface area contributed by atoms with Crippen LogP contribution in [0.15, 0.2) is 52.9 Å². The van der Waals surface area contributed by atoms with Gasteiger partial charge in [-0.15, -0.1) is 0 Å². The van der Waals surface area contributed by atoms with E-state index >= 15 is 0 Å². The van der Waals surface area contributed by atoms with Crippen LogP contribution in [0.2, 0.25) is 0 Å². The lowest BCUT2D eigenvalue weighted by Gasteiger charge is -2.13. The zero-order valence-corrected chi connectivity index (χ0v) is 17.1. The molecule has 7 heteroatoms. The summed E-state index contributed by atoms with van der Waals surface area (Å²) in [5, 5.41) is 0. The lowest BCUT2D eigenvalue weighted by Crippen LogP contribution is -1.97. The van der Waals surface area contributed by atoms with E-state index < -0.39 is 0 Å². The predicted molar refractivity (Wildman–Crippen MR) is 110 cm³/mol. The first-order valence-corrected chi connectivity index (χ1v) is 10.4. The van der Waals surface area contributed by atoms with Gasteiger partial charge in [0.2, 0.25) is 0 Å². The lowest BCUT2D eigenvalue weighted by molar-refractivity contribution is 0.413. The van der Waals surface area contributed by atoms with Crippen molar-refractivity contribution < 1.29 is 4.74 Å². The minimum atomic E-state index is 0.676. The Morgan fingerprint density at radius 2 is 2.14 bits per heavy atom. The molecule has 1 aromatic carbocycles. The van der Waals surface area contributed by atoms with Crippen LogP contribution < -0.4 is 4.74 Å². The van der Waals surface area contributed by atoms with Gasteiger partial charge in [-0.1, -0.05) is 18.2 Å². The highest BCUT2D eigenvalue weighted by molar-refractivity contribution is 14.2. The number of halogens is 2. The highest BCUT2D eigenvalue weighted by atomic mass is 127. The smallest absolute Gasteiger partial charge is 0.126 e. The van der Waals surface area contributed by atoms with Crippen molar-refractivity contribution in [2.24, 2.45) is 9.98 Å². The molecule has 0 heterocycles. The van der Waals surface area contributed by atoms with E-state index in [2.05, 4.69) is 54.0 Å². The van der Waals surface area contributed by atoms with Crippen molar-refractivity contribution in [3.63, 3.8) is 0 Å². The maximum absolute atomic E-state index is 5.39. The molecule has 0 amide bonds. The number of nitrogens with zero attached hydrogens (tertiary/aromatic N) is 3. The van der Waals surface area contributed by atoms with E-state index in [9.17, 15) is 0 Å². The Hall–Kier alpha value is -0.800.